The van der Waals surface area contributed by atoms with Gasteiger partial charge < -0.3 is 14.7 Å². The molecule has 1 saturated heterocycles. The molecule has 0 aliphatic carbocycles. The van der Waals surface area contributed by atoms with Crippen LogP contribution in [0.5, 0.6) is 5.75 Å². The molecule has 1 amide bonds. The number of nitrogens with zero attached hydrogens (tertiary/aromatic N) is 1. The predicted octanol–water partition coefficient (Wildman–Crippen LogP) is 2.22. The van der Waals surface area contributed by atoms with Gasteiger partial charge in [0.15, 0.2) is 0 Å². The molecule has 1 atom stereocenters. The predicted molar refractivity (Wildman–Crippen MR) is 73.6 cm³/mol. The van der Waals surface area contributed by atoms with Gasteiger partial charge in [0.2, 0.25) is 5.91 Å². The van der Waals surface area contributed by atoms with Gasteiger partial charge in [-0.3, -0.25) is 9.59 Å². The van der Waals surface area contributed by atoms with E-state index in [0.717, 1.165) is 24.2 Å². The average Bonchev–Trinajstić information content (AvgIpc) is 2.94. The third-order valence-corrected chi connectivity index (χ3v) is 3.60. The number of rotatable bonds is 5. The molecule has 1 aromatic rings. The molecule has 5 nitrogen and oxygen atoms in total. The molecular weight excluding hydrogens is 258 g/mol. The lowest BCUT2D eigenvalue weighted by atomic mass is 10.0. The van der Waals surface area contributed by atoms with Crippen molar-refractivity contribution >= 4 is 11.9 Å². The molecule has 0 aromatic heterocycles. The molecule has 1 aliphatic heterocycles. The van der Waals surface area contributed by atoms with Gasteiger partial charge in [-0.05, 0) is 30.5 Å². The highest BCUT2D eigenvalue weighted by Crippen LogP contribution is 2.33. The number of aliphatic carboxylic acids is 1. The molecule has 1 fully saturated rings. The number of hydrogen-bond acceptors (Lipinski definition) is 3. The first-order chi connectivity index (χ1) is 9.61. The van der Waals surface area contributed by atoms with Crippen molar-refractivity contribution in [3.05, 3.63) is 29.8 Å². The molecular formula is C15H19NO4. The van der Waals surface area contributed by atoms with Crippen LogP contribution in [0.3, 0.4) is 0 Å². The Morgan fingerprint density at radius 3 is 2.90 bits per heavy atom. The summed E-state index contributed by atoms with van der Waals surface area (Å²) in [4.78, 5) is 24.5. The molecule has 0 saturated carbocycles. The van der Waals surface area contributed by atoms with Crippen LogP contribution in [-0.4, -0.2) is 35.5 Å². The molecule has 1 heterocycles. The minimum Gasteiger partial charge on any atom is -0.497 e. The fraction of sp³-hybridized carbons (Fsp3) is 0.467. The van der Waals surface area contributed by atoms with Crippen molar-refractivity contribution in [3.8, 4) is 5.75 Å². The van der Waals surface area contributed by atoms with E-state index in [4.69, 9.17) is 9.84 Å². The Morgan fingerprint density at radius 2 is 2.20 bits per heavy atom. The van der Waals surface area contributed by atoms with E-state index < -0.39 is 5.97 Å². The molecule has 1 unspecified atom stereocenters. The summed E-state index contributed by atoms with van der Waals surface area (Å²) in [7, 11) is 1.61. The lowest BCUT2D eigenvalue weighted by molar-refractivity contribution is -0.141. The second-order valence-electron chi connectivity index (χ2n) is 4.92. The summed E-state index contributed by atoms with van der Waals surface area (Å²) >= 11 is 0. The van der Waals surface area contributed by atoms with Crippen molar-refractivity contribution in [1.82, 2.24) is 4.90 Å². The number of methoxy groups -OCH3 is 1. The molecule has 20 heavy (non-hydrogen) atoms. The van der Waals surface area contributed by atoms with Gasteiger partial charge in [-0.25, -0.2) is 0 Å². The summed E-state index contributed by atoms with van der Waals surface area (Å²) in [6, 6.07) is 7.73. The van der Waals surface area contributed by atoms with Crippen LogP contribution >= 0.6 is 0 Å². The van der Waals surface area contributed by atoms with E-state index >= 15 is 0 Å². The Kier molecular flexibility index (Phi) is 4.61. The number of ether oxygens (including phenoxy) is 1. The van der Waals surface area contributed by atoms with Crippen LogP contribution in [0.2, 0.25) is 0 Å². The zero-order valence-electron chi connectivity index (χ0n) is 11.5. The van der Waals surface area contributed by atoms with Crippen LogP contribution < -0.4 is 4.74 Å². The van der Waals surface area contributed by atoms with Crippen molar-refractivity contribution < 1.29 is 19.4 Å². The highest BCUT2D eigenvalue weighted by atomic mass is 16.5. The maximum absolute atomic E-state index is 12.1. The van der Waals surface area contributed by atoms with Gasteiger partial charge >= 0.3 is 5.97 Å². The van der Waals surface area contributed by atoms with Crippen molar-refractivity contribution in [2.24, 2.45) is 0 Å². The summed E-state index contributed by atoms with van der Waals surface area (Å²) < 4.78 is 5.21. The quantitative estimate of drug-likeness (QED) is 0.896. The van der Waals surface area contributed by atoms with E-state index in [1.54, 1.807) is 12.0 Å². The molecule has 0 spiro atoms. The van der Waals surface area contributed by atoms with Crippen molar-refractivity contribution in [2.75, 3.05) is 13.7 Å². The fourth-order valence-electron chi connectivity index (χ4n) is 2.62. The second kappa shape index (κ2) is 6.41. The number of carbonyl (C=O) groups is 2. The summed E-state index contributed by atoms with van der Waals surface area (Å²) in [6.45, 7) is 0.695. The van der Waals surface area contributed by atoms with E-state index in [-0.39, 0.29) is 24.8 Å². The summed E-state index contributed by atoms with van der Waals surface area (Å²) in [5.41, 5.74) is 1.05. The number of likely N-dealkylation sites (tertiary alicyclic amines) is 1. The fourth-order valence-corrected chi connectivity index (χ4v) is 2.62. The first-order valence-corrected chi connectivity index (χ1v) is 6.77. The monoisotopic (exact) mass is 277 g/mol. The minimum atomic E-state index is -0.935. The number of carbonyl (C=O) groups excluding carboxylic acids is 1. The number of carboxylic acid groups (broad SMARTS) is 1. The van der Waals surface area contributed by atoms with Crippen molar-refractivity contribution in [1.29, 1.82) is 0 Å². The van der Waals surface area contributed by atoms with Gasteiger partial charge in [-0.2, -0.15) is 0 Å². The zero-order chi connectivity index (χ0) is 14.5. The molecule has 2 rings (SSSR count). The minimum absolute atomic E-state index is 0.0337. The van der Waals surface area contributed by atoms with Gasteiger partial charge in [0.05, 0.1) is 19.6 Å². The van der Waals surface area contributed by atoms with E-state index in [9.17, 15) is 9.59 Å². The Hall–Kier alpha value is -2.04. The second-order valence-corrected chi connectivity index (χ2v) is 4.92. The Morgan fingerprint density at radius 1 is 1.40 bits per heavy atom. The number of amides is 1. The lowest BCUT2D eigenvalue weighted by Crippen LogP contribution is -2.30. The SMILES string of the molecule is COc1cccc(C2CCCN2C(=O)CCC(=O)O)c1. The summed E-state index contributed by atoms with van der Waals surface area (Å²) in [5.74, 6) is -0.250. The zero-order valence-corrected chi connectivity index (χ0v) is 11.5. The van der Waals surface area contributed by atoms with Crippen LogP contribution in [-0.2, 0) is 9.59 Å². The molecule has 0 radical (unpaired) electrons. The highest BCUT2D eigenvalue weighted by Gasteiger charge is 2.29. The van der Waals surface area contributed by atoms with Crippen LogP contribution in [0, 0.1) is 0 Å². The first kappa shape index (κ1) is 14.4. The third-order valence-electron chi connectivity index (χ3n) is 3.60. The molecule has 1 aliphatic rings. The number of carboxylic acids is 1. The Bertz CT molecular complexity index is 500. The summed E-state index contributed by atoms with van der Waals surface area (Å²) in [5, 5.41) is 8.67. The largest absolute Gasteiger partial charge is 0.497 e. The van der Waals surface area contributed by atoms with Gasteiger partial charge in [0.1, 0.15) is 5.75 Å². The Labute approximate surface area is 118 Å². The number of benzene rings is 1. The highest BCUT2D eigenvalue weighted by molar-refractivity contribution is 5.81. The average molecular weight is 277 g/mol. The normalized spacial score (nSPS) is 18.1. The summed E-state index contributed by atoms with van der Waals surface area (Å²) in [6.07, 6.45) is 1.81. The van der Waals surface area contributed by atoms with Crippen LogP contribution in [0.4, 0.5) is 0 Å². The third kappa shape index (κ3) is 3.29. The molecule has 0 bridgehead atoms. The van der Waals surface area contributed by atoms with Crippen molar-refractivity contribution in [2.45, 2.75) is 31.7 Å². The van der Waals surface area contributed by atoms with E-state index in [2.05, 4.69) is 0 Å². The van der Waals surface area contributed by atoms with E-state index in [1.807, 2.05) is 24.3 Å². The van der Waals surface area contributed by atoms with Gasteiger partial charge in [0, 0.05) is 13.0 Å². The first-order valence-electron chi connectivity index (χ1n) is 6.77. The lowest BCUT2D eigenvalue weighted by Gasteiger charge is -2.25. The molecule has 108 valence electrons. The van der Waals surface area contributed by atoms with E-state index in [0.29, 0.717) is 6.54 Å². The van der Waals surface area contributed by atoms with Gasteiger partial charge in [-0.15, -0.1) is 0 Å². The molecule has 1 aromatic carbocycles. The van der Waals surface area contributed by atoms with Crippen LogP contribution in [0.1, 0.15) is 37.3 Å². The standard InChI is InChI=1S/C15H19NO4/c1-20-12-5-2-4-11(10-12)13-6-3-9-16(13)14(17)7-8-15(18)19/h2,4-5,10,13H,3,6-9H2,1H3,(H,18,19). The van der Waals surface area contributed by atoms with Crippen molar-refractivity contribution in [3.63, 3.8) is 0 Å². The maximum atomic E-state index is 12.1. The Balaban J connectivity index is 2.09. The van der Waals surface area contributed by atoms with E-state index in [1.165, 1.54) is 0 Å². The molecule has 5 heteroatoms. The van der Waals surface area contributed by atoms with Gasteiger partial charge in [-0.1, -0.05) is 12.1 Å². The van der Waals surface area contributed by atoms with Crippen LogP contribution in [0.15, 0.2) is 24.3 Å². The number of hydrogen-bond donors (Lipinski definition) is 1. The maximum Gasteiger partial charge on any atom is 0.303 e. The smallest absolute Gasteiger partial charge is 0.303 e. The topological polar surface area (TPSA) is 66.8 Å². The molecule has 1 N–H and O–H groups in total. The van der Waals surface area contributed by atoms with Gasteiger partial charge in [0.25, 0.3) is 0 Å². The van der Waals surface area contributed by atoms with Crippen LogP contribution in [0.25, 0.3) is 0 Å².